The first-order valence-electron chi connectivity index (χ1n) is 5.09. The molecule has 2 N–H and O–H groups in total. The second-order valence-electron chi connectivity index (χ2n) is 4.76. The summed E-state index contributed by atoms with van der Waals surface area (Å²) in [5.41, 5.74) is 8.51. The molecule has 0 aromatic heterocycles. The maximum atomic E-state index is 11.8. The zero-order valence-corrected chi connectivity index (χ0v) is 9.37. The van der Waals surface area contributed by atoms with Gasteiger partial charge in [0.25, 0.3) is 0 Å². The van der Waals surface area contributed by atoms with Gasteiger partial charge in [0.1, 0.15) is 0 Å². The zero-order chi connectivity index (χ0) is 11.2. The van der Waals surface area contributed by atoms with Crippen molar-refractivity contribution in [3.8, 4) is 0 Å². The molecule has 0 saturated carbocycles. The van der Waals surface area contributed by atoms with E-state index >= 15 is 0 Å². The number of nitrogens with zero attached hydrogens (tertiary/aromatic N) is 1. The highest BCUT2D eigenvalue weighted by atomic mass is 16.2. The van der Waals surface area contributed by atoms with Crippen molar-refractivity contribution in [2.45, 2.75) is 25.7 Å². The van der Waals surface area contributed by atoms with E-state index in [0.717, 1.165) is 11.3 Å². The van der Waals surface area contributed by atoms with Gasteiger partial charge < -0.3 is 10.6 Å². The van der Waals surface area contributed by atoms with Crippen LogP contribution in [0, 0.1) is 0 Å². The van der Waals surface area contributed by atoms with Crippen LogP contribution in [-0.4, -0.2) is 13.0 Å². The van der Waals surface area contributed by atoms with Crippen molar-refractivity contribution in [3.05, 3.63) is 23.8 Å². The summed E-state index contributed by atoms with van der Waals surface area (Å²) in [5.74, 6) is 0.130. The van der Waals surface area contributed by atoms with Crippen molar-refractivity contribution in [3.63, 3.8) is 0 Å². The van der Waals surface area contributed by atoms with Crippen LogP contribution < -0.4 is 10.6 Å². The molecular weight excluding hydrogens is 188 g/mol. The summed E-state index contributed by atoms with van der Waals surface area (Å²) in [4.78, 5) is 13.5. The molecule has 0 radical (unpaired) electrons. The number of amides is 1. The number of hydrogen-bond donors (Lipinski definition) is 1. The fourth-order valence-corrected chi connectivity index (χ4v) is 2.20. The van der Waals surface area contributed by atoms with E-state index < -0.39 is 0 Å². The minimum absolute atomic E-state index is 0.117. The van der Waals surface area contributed by atoms with Gasteiger partial charge in [0, 0.05) is 18.9 Å². The van der Waals surface area contributed by atoms with Gasteiger partial charge in [0.05, 0.1) is 11.4 Å². The predicted molar refractivity (Wildman–Crippen MR) is 61.9 cm³/mol. The van der Waals surface area contributed by atoms with E-state index in [1.54, 1.807) is 11.9 Å². The number of nitrogens with two attached hydrogens (primary N) is 1. The first-order valence-corrected chi connectivity index (χ1v) is 5.09. The fourth-order valence-electron chi connectivity index (χ4n) is 2.20. The summed E-state index contributed by atoms with van der Waals surface area (Å²) in [6.07, 6.45) is 0.542. The van der Waals surface area contributed by atoms with Crippen LogP contribution in [0.2, 0.25) is 0 Å². The first kappa shape index (κ1) is 10.0. The van der Waals surface area contributed by atoms with E-state index in [1.807, 2.05) is 12.1 Å². The number of anilines is 2. The van der Waals surface area contributed by atoms with Crippen LogP contribution in [0.4, 0.5) is 11.4 Å². The van der Waals surface area contributed by atoms with Crippen LogP contribution >= 0.6 is 0 Å². The average Bonchev–Trinajstić information content (AvgIpc) is 2.14. The smallest absolute Gasteiger partial charge is 0.227 e. The lowest BCUT2D eigenvalue weighted by Crippen LogP contribution is -2.39. The fraction of sp³-hybridized carbons (Fsp3) is 0.417. The van der Waals surface area contributed by atoms with E-state index in [0.29, 0.717) is 12.1 Å². The highest BCUT2D eigenvalue weighted by Gasteiger charge is 2.35. The molecule has 0 fully saturated rings. The molecule has 2 rings (SSSR count). The number of carbonyl (C=O) groups excluding carboxylic acids is 1. The molecule has 15 heavy (non-hydrogen) atoms. The molecule has 3 heteroatoms. The highest BCUT2D eigenvalue weighted by Crippen LogP contribution is 2.42. The van der Waals surface area contributed by atoms with Gasteiger partial charge in [0.15, 0.2) is 0 Å². The summed E-state index contributed by atoms with van der Waals surface area (Å²) in [6, 6.07) is 5.83. The lowest BCUT2D eigenvalue weighted by molar-refractivity contribution is -0.119. The molecule has 1 aliphatic rings. The van der Waals surface area contributed by atoms with Crippen molar-refractivity contribution in [2.24, 2.45) is 0 Å². The second-order valence-corrected chi connectivity index (χ2v) is 4.76. The van der Waals surface area contributed by atoms with Crippen LogP contribution in [0.3, 0.4) is 0 Å². The highest BCUT2D eigenvalue weighted by molar-refractivity contribution is 6.00. The van der Waals surface area contributed by atoms with Crippen molar-refractivity contribution in [1.82, 2.24) is 0 Å². The summed E-state index contributed by atoms with van der Waals surface area (Å²) in [6.45, 7) is 4.16. The molecule has 0 atom stereocenters. The van der Waals surface area contributed by atoms with Gasteiger partial charge in [-0.2, -0.15) is 0 Å². The lowest BCUT2D eigenvalue weighted by Gasteiger charge is -2.37. The molecule has 0 saturated heterocycles. The van der Waals surface area contributed by atoms with E-state index in [2.05, 4.69) is 19.9 Å². The summed E-state index contributed by atoms with van der Waals surface area (Å²) < 4.78 is 0. The van der Waals surface area contributed by atoms with Crippen molar-refractivity contribution >= 4 is 17.3 Å². The van der Waals surface area contributed by atoms with E-state index in [1.165, 1.54) is 0 Å². The molecule has 0 aliphatic carbocycles. The lowest BCUT2D eigenvalue weighted by atomic mass is 9.77. The molecule has 1 aromatic rings. The van der Waals surface area contributed by atoms with Crippen LogP contribution in [0.1, 0.15) is 25.8 Å². The Bertz CT molecular complexity index is 424. The molecule has 3 nitrogen and oxygen atoms in total. The Morgan fingerprint density at radius 2 is 2.07 bits per heavy atom. The SMILES string of the molecule is CN1C(=O)CC(C)(C)c2cccc(N)c21. The number of rotatable bonds is 0. The van der Waals surface area contributed by atoms with Gasteiger partial charge in [-0.3, -0.25) is 4.79 Å². The Morgan fingerprint density at radius 1 is 1.40 bits per heavy atom. The Balaban J connectivity index is 2.69. The maximum absolute atomic E-state index is 11.8. The second kappa shape index (κ2) is 2.99. The molecule has 80 valence electrons. The van der Waals surface area contributed by atoms with Gasteiger partial charge in [-0.25, -0.2) is 0 Å². The predicted octanol–water partition coefficient (Wildman–Crippen LogP) is 1.91. The number of benzene rings is 1. The Morgan fingerprint density at radius 3 is 2.73 bits per heavy atom. The van der Waals surface area contributed by atoms with Gasteiger partial charge in [-0.15, -0.1) is 0 Å². The molecular formula is C12H16N2O. The topological polar surface area (TPSA) is 46.3 Å². The monoisotopic (exact) mass is 204 g/mol. The number of hydrogen-bond acceptors (Lipinski definition) is 2. The molecule has 0 bridgehead atoms. The number of carbonyl (C=O) groups is 1. The van der Waals surface area contributed by atoms with Crippen molar-refractivity contribution in [2.75, 3.05) is 17.7 Å². The third-order valence-electron chi connectivity index (χ3n) is 3.10. The van der Waals surface area contributed by atoms with E-state index in [4.69, 9.17) is 5.73 Å². The van der Waals surface area contributed by atoms with Gasteiger partial charge in [-0.05, 0) is 11.6 Å². The minimum atomic E-state index is -0.117. The molecule has 0 spiro atoms. The normalized spacial score (nSPS) is 18.9. The zero-order valence-electron chi connectivity index (χ0n) is 9.37. The minimum Gasteiger partial charge on any atom is -0.397 e. The van der Waals surface area contributed by atoms with Crippen molar-refractivity contribution < 1.29 is 4.79 Å². The number of fused-ring (bicyclic) bond motifs is 1. The van der Waals surface area contributed by atoms with Gasteiger partial charge >= 0.3 is 0 Å². The average molecular weight is 204 g/mol. The standard InChI is InChI=1S/C12H16N2O/c1-12(2)7-10(15)14(3)11-8(12)5-4-6-9(11)13/h4-6H,7,13H2,1-3H3. The van der Waals surface area contributed by atoms with Crippen LogP contribution in [0.25, 0.3) is 0 Å². The first-order chi connectivity index (χ1) is 6.93. The molecule has 1 aliphatic heterocycles. The molecule has 1 amide bonds. The number of nitrogen functional groups attached to an aromatic ring is 1. The maximum Gasteiger partial charge on any atom is 0.227 e. The van der Waals surface area contributed by atoms with Gasteiger partial charge in [-0.1, -0.05) is 26.0 Å². The van der Waals surface area contributed by atoms with E-state index in [-0.39, 0.29) is 11.3 Å². The Kier molecular flexibility index (Phi) is 2.00. The Labute approximate surface area is 89.9 Å². The van der Waals surface area contributed by atoms with Crippen molar-refractivity contribution in [1.29, 1.82) is 0 Å². The number of para-hydroxylation sites is 1. The molecule has 1 heterocycles. The van der Waals surface area contributed by atoms with Crippen LogP contribution in [-0.2, 0) is 10.2 Å². The van der Waals surface area contributed by atoms with Crippen LogP contribution in [0.15, 0.2) is 18.2 Å². The molecule has 0 unspecified atom stereocenters. The third-order valence-corrected chi connectivity index (χ3v) is 3.10. The quantitative estimate of drug-likeness (QED) is 0.656. The van der Waals surface area contributed by atoms with Crippen LogP contribution in [0.5, 0.6) is 0 Å². The summed E-state index contributed by atoms with van der Waals surface area (Å²) >= 11 is 0. The molecule has 1 aromatic carbocycles. The van der Waals surface area contributed by atoms with Gasteiger partial charge in [0.2, 0.25) is 5.91 Å². The summed E-state index contributed by atoms with van der Waals surface area (Å²) in [7, 11) is 1.78. The third kappa shape index (κ3) is 1.39. The van der Waals surface area contributed by atoms with E-state index in [9.17, 15) is 4.79 Å². The largest absolute Gasteiger partial charge is 0.397 e. The summed E-state index contributed by atoms with van der Waals surface area (Å²) in [5, 5.41) is 0. The Hall–Kier alpha value is -1.51.